The third kappa shape index (κ3) is 3.57. The third-order valence-corrected chi connectivity index (χ3v) is 9.44. The Morgan fingerprint density at radius 2 is 1.62 bits per heavy atom. The number of carbonyl (C=O) groups is 3. The Labute approximate surface area is 213 Å². The van der Waals surface area contributed by atoms with Crippen LogP contribution in [0, 0.1) is 29.1 Å². The maximum absolute atomic E-state index is 14.8. The summed E-state index contributed by atoms with van der Waals surface area (Å²) in [5.41, 5.74) is -0.136. The Morgan fingerprint density at radius 3 is 2.24 bits per heavy atom. The number of rotatable bonds is 3. The SMILES string of the molecule is O=C(C(=O)N1CCN(C(=O)C23CC4CC(CC(C4)C2)C3)CC1)C1=CNC2C(n3ccnn3)=NC=C(F)C12. The van der Waals surface area contributed by atoms with Crippen molar-refractivity contribution in [1.82, 2.24) is 30.1 Å². The number of hydrogen-bond acceptors (Lipinski definition) is 7. The topological polar surface area (TPSA) is 113 Å². The number of Topliss-reactive ketones (excluding diaryl/α,β-unsaturated/α-hetero) is 1. The lowest BCUT2D eigenvalue weighted by molar-refractivity contribution is -0.161. The lowest BCUT2D eigenvalue weighted by Crippen LogP contribution is -2.59. The number of aliphatic imine (C=N–C) groups is 1. The van der Waals surface area contributed by atoms with E-state index in [2.05, 4.69) is 20.6 Å². The van der Waals surface area contributed by atoms with Crippen LogP contribution in [0.3, 0.4) is 0 Å². The van der Waals surface area contributed by atoms with Crippen molar-refractivity contribution in [3.63, 3.8) is 0 Å². The number of nitrogens with one attached hydrogen (secondary N) is 1. The molecular formula is C26H30FN7O3. The summed E-state index contributed by atoms with van der Waals surface area (Å²) >= 11 is 0. The first-order chi connectivity index (χ1) is 17.9. The molecule has 11 heteroatoms. The first-order valence-corrected chi connectivity index (χ1v) is 13.3. The van der Waals surface area contributed by atoms with Crippen LogP contribution in [0.25, 0.3) is 0 Å². The molecule has 0 aromatic carbocycles. The quantitative estimate of drug-likeness (QED) is 0.617. The first-order valence-electron chi connectivity index (χ1n) is 13.3. The minimum absolute atomic E-state index is 0.0725. The van der Waals surface area contributed by atoms with E-state index >= 15 is 0 Å². The van der Waals surface area contributed by atoms with E-state index in [1.807, 2.05) is 4.90 Å². The minimum atomic E-state index is -0.952. The standard InChI is InChI=1S/C26H30FN7O3/c27-19-14-29-23(34-2-1-30-31-34)21-20(19)18(13-28-21)22(35)24(36)32-3-5-33(6-4-32)25(37)26-10-15-7-16(11-26)9-17(8-15)12-26/h1-2,13-17,20-21,28H,3-12H2. The van der Waals surface area contributed by atoms with Gasteiger partial charge in [0.2, 0.25) is 11.7 Å². The number of ketones is 1. The molecule has 1 aromatic heterocycles. The summed E-state index contributed by atoms with van der Waals surface area (Å²) in [6.45, 7) is 1.48. The minimum Gasteiger partial charge on any atom is -0.380 e. The van der Waals surface area contributed by atoms with Gasteiger partial charge in [-0.25, -0.2) is 14.1 Å². The molecule has 2 unspecified atom stereocenters. The van der Waals surface area contributed by atoms with Crippen molar-refractivity contribution >= 4 is 23.4 Å². The van der Waals surface area contributed by atoms with Crippen molar-refractivity contribution < 1.29 is 18.8 Å². The number of halogens is 1. The highest BCUT2D eigenvalue weighted by Crippen LogP contribution is 2.60. The van der Waals surface area contributed by atoms with E-state index < -0.39 is 29.5 Å². The number of amides is 2. The van der Waals surface area contributed by atoms with Crippen LogP contribution in [0.15, 0.2) is 41.2 Å². The van der Waals surface area contributed by atoms with Gasteiger partial charge in [0, 0.05) is 38.0 Å². The van der Waals surface area contributed by atoms with Gasteiger partial charge in [-0.15, -0.1) is 5.10 Å². The molecule has 2 amide bonds. The molecule has 37 heavy (non-hydrogen) atoms. The maximum atomic E-state index is 14.8. The Balaban J connectivity index is 1.00. The highest BCUT2D eigenvalue weighted by Gasteiger charge is 2.56. The van der Waals surface area contributed by atoms with Gasteiger partial charge in [0.1, 0.15) is 5.83 Å². The summed E-state index contributed by atoms with van der Waals surface area (Å²) in [6.07, 6.45) is 12.4. The molecule has 4 aliphatic carbocycles. The molecule has 10 nitrogen and oxygen atoms in total. The van der Waals surface area contributed by atoms with Gasteiger partial charge in [-0.1, -0.05) is 5.21 Å². The summed E-state index contributed by atoms with van der Waals surface area (Å²) in [4.78, 5) is 47.6. The lowest BCUT2D eigenvalue weighted by atomic mass is 9.49. The van der Waals surface area contributed by atoms with Crippen LogP contribution in [-0.2, 0) is 14.4 Å². The number of piperazine rings is 1. The van der Waals surface area contributed by atoms with Gasteiger partial charge in [-0.2, -0.15) is 0 Å². The van der Waals surface area contributed by atoms with Crippen LogP contribution in [0.2, 0.25) is 0 Å². The second kappa shape index (κ2) is 8.32. The molecule has 7 aliphatic rings. The highest BCUT2D eigenvalue weighted by molar-refractivity contribution is 6.43. The summed E-state index contributed by atoms with van der Waals surface area (Å²) in [5, 5.41) is 10.7. The average molecular weight is 508 g/mol. The van der Waals surface area contributed by atoms with Gasteiger partial charge >= 0.3 is 0 Å². The normalized spacial score (nSPS) is 35.9. The molecule has 1 saturated heterocycles. The van der Waals surface area contributed by atoms with E-state index in [0.29, 0.717) is 49.8 Å². The van der Waals surface area contributed by atoms with Crippen LogP contribution < -0.4 is 5.32 Å². The van der Waals surface area contributed by atoms with Crippen LogP contribution in [0.1, 0.15) is 38.5 Å². The van der Waals surface area contributed by atoms with E-state index in [1.54, 1.807) is 6.20 Å². The lowest BCUT2D eigenvalue weighted by Gasteiger charge is -2.57. The Morgan fingerprint density at radius 1 is 0.973 bits per heavy atom. The van der Waals surface area contributed by atoms with Gasteiger partial charge in [0.05, 0.1) is 36.0 Å². The average Bonchev–Trinajstić information content (AvgIpc) is 3.58. The molecule has 8 rings (SSSR count). The third-order valence-electron chi connectivity index (χ3n) is 9.44. The van der Waals surface area contributed by atoms with Crippen molar-refractivity contribution in [2.45, 2.75) is 44.6 Å². The van der Waals surface area contributed by atoms with Crippen molar-refractivity contribution in [2.24, 2.45) is 34.1 Å². The highest BCUT2D eigenvalue weighted by atomic mass is 19.1. The van der Waals surface area contributed by atoms with E-state index in [1.165, 1.54) is 41.2 Å². The van der Waals surface area contributed by atoms with E-state index in [0.717, 1.165) is 25.5 Å². The van der Waals surface area contributed by atoms with E-state index in [4.69, 9.17) is 0 Å². The van der Waals surface area contributed by atoms with Gasteiger partial charge in [-0.3, -0.25) is 14.4 Å². The predicted octanol–water partition coefficient (Wildman–Crippen LogP) is 1.28. The molecule has 3 aliphatic heterocycles. The molecule has 194 valence electrons. The molecule has 0 spiro atoms. The molecular weight excluding hydrogens is 477 g/mol. The number of fused-ring (bicyclic) bond motifs is 1. The first kappa shape index (κ1) is 22.8. The van der Waals surface area contributed by atoms with E-state index in [9.17, 15) is 18.8 Å². The molecule has 2 atom stereocenters. The van der Waals surface area contributed by atoms with Crippen LogP contribution in [0.5, 0.6) is 0 Å². The molecule has 1 aromatic rings. The number of carbonyl (C=O) groups excluding carboxylic acids is 3. The zero-order valence-corrected chi connectivity index (χ0v) is 20.6. The van der Waals surface area contributed by atoms with Crippen LogP contribution >= 0.6 is 0 Å². The zero-order valence-electron chi connectivity index (χ0n) is 20.6. The van der Waals surface area contributed by atoms with Crippen molar-refractivity contribution in [3.8, 4) is 0 Å². The van der Waals surface area contributed by atoms with Gasteiger partial charge < -0.3 is 15.1 Å². The monoisotopic (exact) mass is 507 g/mol. The van der Waals surface area contributed by atoms with Crippen LogP contribution in [0.4, 0.5) is 4.39 Å². The Kier molecular flexibility index (Phi) is 5.13. The summed E-state index contributed by atoms with van der Waals surface area (Å²) in [5.74, 6) is -0.203. The van der Waals surface area contributed by atoms with Gasteiger partial charge in [0.25, 0.3) is 5.91 Å². The van der Waals surface area contributed by atoms with Crippen molar-refractivity contribution in [1.29, 1.82) is 0 Å². The largest absolute Gasteiger partial charge is 0.380 e. The Hall–Kier alpha value is -3.37. The fourth-order valence-corrected chi connectivity index (χ4v) is 8.19. The molecule has 4 heterocycles. The van der Waals surface area contributed by atoms with Crippen molar-refractivity contribution in [2.75, 3.05) is 26.2 Å². The zero-order chi connectivity index (χ0) is 25.3. The number of hydrogen-bond donors (Lipinski definition) is 1. The number of aromatic nitrogens is 3. The predicted molar refractivity (Wildman–Crippen MR) is 129 cm³/mol. The fraction of sp³-hybridized carbons (Fsp3) is 0.615. The maximum Gasteiger partial charge on any atom is 0.294 e. The second-order valence-corrected chi connectivity index (χ2v) is 11.7. The fourth-order valence-electron chi connectivity index (χ4n) is 8.19. The van der Waals surface area contributed by atoms with E-state index in [-0.39, 0.29) is 16.9 Å². The van der Waals surface area contributed by atoms with Crippen LogP contribution in [-0.4, -0.2) is 80.4 Å². The number of nitrogens with zero attached hydrogens (tertiary/aromatic N) is 6. The summed E-state index contributed by atoms with van der Waals surface area (Å²) < 4.78 is 16.2. The Bertz CT molecular complexity index is 1210. The molecule has 4 bridgehead atoms. The molecule has 1 N–H and O–H groups in total. The summed E-state index contributed by atoms with van der Waals surface area (Å²) in [6, 6.07) is -0.659. The van der Waals surface area contributed by atoms with Gasteiger partial charge in [0.15, 0.2) is 5.84 Å². The molecule has 4 saturated carbocycles. The molecule has 0 radical (unpaired) electrons. The van der Waals surface area contributed by atoms with Gasteiger partial charge in [-0.05, 0) is 56.3 Å². The van der Waals surface area contributed by atoms with Crippen molar-refractivity contribution in [3.05, 3.63) is 36.2 Å². The summed E-state index contributed by atoms with van der Waals surface area (Å²) in [7, 11) is 0. The second-order valence-electron chi connectivity index (χ2n) is 11.7. The smallest absolute Gasteiger partial charge is 0.294 e. The molecule has 5 fully saturated rings.